The Morgan fingerprint density at radius 3 is 3.10 bits per heavy atom. The number of carbonyl (C=O) groups is 1. The van der Waals surface area contributed by atoms with E-state index >= 15 is 0 Å². The van der Waals surface area contributed by atoms with Gasteiger partial charge < -0.3 is 20.5 Å². The largest absolute Gasteiger partial charge is 0.480 e. The molecule has 1 fully saturated rings. The Hall–Kier alpha value is -2.89. The SMILES string of the molecule is COc1ncccc1-c1nc(C(=O)Nc2cnn(C)c2C2CCC(N)C(F)CO2)cs1. The van der Waals surface area contributed by atoms with Gasteiger partial charge in [0.2, 0.25) is 5.88 Å². The maximum absolute atomic E-state index is 13.9. The zero-order valence-electron chi connectivity index (χ0n) is 17.1. The molecular weight excluding hydrogens is 423 g/mol. The highest BCUT2D eigenvalue weighted by Gasteiger charge is 2.30. The Morgan fingerprint density at radius 1 is 1.45 bits per heavy atom. The van der Waals surface area contributed by atoms with Crippen LogP contribution in [0, 0.1) is 0 Å². The van der Waals surface area contributed by atoms with Gasteiger partial charge in [-0.05, 0) is 25.0 Å². The van der Waals surface area contributed by atoms with Crippen LogP contribution in [0.25, 0.3) is 10.6 Å². The molecular formula is C20H23FN6O3S. The molecule has 3 aromatic rings. The Morgan fingerprint density at radius 2 is 2.29 bits per heavy atom. The fourth-order valence-electron chi connectivity index (χ4n) is 3.48. The standard InChI is InChI=1S/C20H23FN6O3S/c1-27-17(16-6-5-13(22)12(21)9-30-16)14(8-24-27)25-18(28)15-10-31-20(26-15)11-4-3-7-23-19(11)29-2/h3-4,7-8,10,12-13,16H,5-6,9,22H2,1-2H3,(H,25,28). The molecule has 3 atom stereocenters. The summed E-state index contributed by atoms with van der Waals surface area (Å²) in [6.07, 6.45) is 2.56. The minimum atomic E-state index is -1.21. The van der Waals surface area contributed by atoms with Crippen molar-refractivity contribution >= 4 is 22.9 Å². The van der Waals surface area contributed by atoms with Crippen molar-refractivity contribution in [2.45, 2.75) is 31.2 Å². The Bertz CT molecular complexity index is 1060. The van der Waals surface area contributed by atoms with Gasteiger partial charge in [-0.2, -0.15) is 5.10 Å². The van der Waals surface area contributed by atoms with Crippen LogP contribution in [0.5, 0.6) is 5.88 Å². The number of amides is 1. The molecule has 3 aromatic heterocycles. The molecule has 0 spiro atoms. The lowest BCUT2D eigenvalue weighted by molar-refractivity contribution is 0.0247. The van der Waals surface area contributed by atoms with Crippen LogP contribution in [0.2, 0.25) is 0 Å². The minimum Gasteiger partial charge on any atom is -0.480 e. The van der Waals surface area contributed by atoms with Gasteiger partial charge in [0.05, 0.1) is 36.9 Å². The molecule has 3 unspecified atom stereocenters. The monoisotopic (exact) mass is 446 g/mol. The van der Waals surface area contributed by atoms with Crippen molar-refractivity contribution in [3.05, 3.63) is 41.3 Å². The average molecular weight is 447 g/mol. The Balaban J connectivity index is 1.53. The number of thiazole rings is 1. The van der Waals surface area contributed by atoms with Crippen LogP contribution in [0.4, 0.5) is 10.1 Å². The summed E-state index contributed by atoms with van der Waals surface area (Å²) in [7, 11) is 3.28. The summed E-state index contributed by atoms with van der Waals surface area (Å²) in [5, 5.41) is 9.38. The van der Waals surface area contributed by atoms with Gasteiger partial charge in [-0.25, -0.2) is 14.4 Å². The zero-order valence-corrected chi connectivity index (χ0v) is 17.9. The van der Waals surface area contributed by atoms with Gasteiger partial charge in [0.25, 0.3) is 5.91 Å². The molecule has 0 bridgehead atoms. The molecule has 3 N–H and O–H groups in total. The van der Waals surface area contributed by atoms with E-state index in [0.717, 1.165) is 0 Å². The first-order chi connectivity index (χ1) is 15.0. The second-order valence-corrected chi connectivity index (χ2v) is 8.06. The topological polar surface area (TPSA) is 117 Å². The molecule has 1 aliphatic rings. The van der Waals surface area contributed by atoms with Crippen LogP contribution < -0.4 is 15.8 Å². The van der Waals surface area contributed by atoms with E-state index < -0.39 is 18.3 Å². The summed E-state index contributed by atoms with van der Waals surface area (Å²) in [5.41, 5.74) is 7.96. The van der Waals surface area contributed by atoms with E-state index in [4.69, 9.17) is 15.2 Å². The first-order valence-corrected chi connectivity index (χ1v) is 10.6. The summed E-state index contributed by atoms with van der Waals surface area (Å²) in [5.74, 6) is 0.0570. The van der Waals surface area contributed by atoms with E-state index in [2.05, 4.69) is 20.4 Å². The van der Waals surface area contributed by atoms with E-state index in [0.29, 0.717) is 40.7 Å². The van der Waals surface area contributed by atoms with Gasteiger partial charge >= 0.3 is 0 Å². The minimum absolute atomic E-state index is 0.0905. The van der Waals surface area contributed by atoms with Crippen LogP contribution in [0.15, 0.2) is 29.9 Å². The Kier molecular flexibility index (Phi) is 6.25. The summed E-state index contributed by atoms with van der Waals surface area (Å²) in [6.45, 7) is -0.0905. The van der Waals surface area contributed by atoms with Gasteiger partial charge in [-0.15, -0.1) is 11.3 Å². The fourth-order valence-corrected chi connectivity index (χ4v) is 4.30. The predicted molar refractivity (Wildman–Crippen MR) is 114 cm³/mol. The Labute approximate surface area is 182 Å². The van der Waals surface area contributed by atoms with Crippen molar-refractivity contribution in [2.24, 2.45) is 12.8 Å². The molecule has 164 valence electrons. The van der Waals surface area contributed by atoms with Crippen molar-refractivity contribution in [1.82, 2.24) is 19.7 Å². The maximum Gasteiger partial charge on any atom is 0.275 e. The molecule has 0 aliphatic carbocycles. The van der Waals surface area contributed by atoms with Crippen molar-refractivity contribution in [1.29, 1.82) is 0 Å². The predicted octanol–water partition coefficient (Wildman–Crippen LogP) is 2.72. The van der Waals surface area contributed by atoms with Crippen molar-refractivity contribution in [3.8, 4) is 16.5 Å². The number of carbonyl (C=O) groups excluding carboxylic acids is 1. The van der Waals surface area contributed by atoms with Crippen LogP contribution >= 0.6 is 11.3 Å². The number of aromatic nitrogens is 4. The molecule has 11 heteroatoms. The lowest BCUT2D eigenvalue weighted by Crippen LogP contribution is -2.32. The number of ether oxygens (including phenoxy) is 2. The van der Waals surface area contributed by atoms with Crippen molar-refractivity contribution in [3.63, 3.8) is 0 Å². The third-order valence-corrected chi connectivity index (χ3v) is 6.03. The maximum atomic E-state index is 13.9. The number of pyridine rings is 1. The average Bonchev–Trinajstić information content (AvgIpc) is 3.37. The molecule has 4 rings (SSSR count). The van der Waals surface area contributed by atoms with Crippen LogP contribution in [0.3, 0.4) is 0 Å². The van der Waals surface area contributed by atoms with Gasteiger partial charge in [0.15, 0.2) is 0 Å². The number of rotatable bonds is 5. The molecule has 1 aliphatic heterocycles. The van der Waals surface area contributed by atoms with Crippen molar-refractivity contribution in [2.75, 3.05) is 19.0 Å². The van der Waals surface area contributed by atoms with E-state index in [9.17, 15) is 9.18 Å². The highest BCUT2D eigenvalue weighted by Crippen LogP contribution is 2.33. The molecule has 0 saturated carbocycles. The first-order valence-electron chi connectivity index (χ1n) is 9.77. The number of halogens is 1. The smallest absolute Gasteiger partial charge is 0.275 e. The van der Waals surface area contributed by atoms with Gasteiger partial charge in [-0.3, -0.25) is 9.48 Å². The summed E-state index contributed by atoms with van der Waals surface area (Å²) in [6, 6.07) is 3.05. The molecule has 9 nitrogen and oxygen atoms in total. The number of aryl methyl sites for hydroxylation is 1. The second-order valence-electron chi connectivity index (χ2n) is 7.20. The van der Waals surface area contributed by atoms with E-state index in [1.165, 1.54) is 18.4 Å². The van der Waals surface area contributed by atoms with Gasteiger partial charge in [0.1, 0.15) is 23.0 Å². The molecule has 0 aromatic carbocycles. The summed E-state index contributed by atoms with van der Waals surface area (Å²) >= 11 is 1.32. The third kappa shape index (κ3) is 4.43. The molecule has 1 saturated heterocycles. The normalized spacial score (nSPS) is 21.5. The van der Waals surface area contributed by atoms with E-state index in [1.54, 1.807) is 35.6 Å². The fraction of sp³-hybridized carbons (Fsp3) is 0.400. The zero-order chi connectivity index (χ0) is 22.0. The molecule has 4 heterocycles. The summed E-state index contributed by atoms with van der Waals surface area (Å²) < 4.78 is 26.5. The second kappa shape index (κ2) is 9.08. The van der Waals surface area contributed by atoms with E-state index in [1.807, 2.05) is 6.07 Å². The van der Waals surface area contributed by atoms with Crippen LogP contribution in [-0.2, 0) is 11.8 Å². The third-order valence-electron chi connectivity index (χ3n) is 5.15. The first kappa shape index (κ1) is 21.3. The van der Waals surface area contributed by atoms with Crippen molar-refractivity contribution < 1.29 is 18.7 Å². The number of hydrogen-bond acceptors (Lipinski definition) is 8. The highest BCUT2D eigenvalue weighted by atomic mass is 32.1. The number of anilines is 1. The number of hydrogen-bond donors (Lipinski definition) is 2. The number of nitrogens with one attached hydrogen (secondary N) is 1. The lowest BCUT2D eigenvalue weighted by Gasteiger charge is -2.17. The quantitative estimate of drug-likeness (QED) is 0.619. The molecule has 31 heavy (non-hydrogen) atoms. The molecule has 1 amide bonds. The van der Waals surface area contributed by atoms with Crippen LogP contribution in [-0.4, -0.2) is 51.6 Å². The summed E-state index contributed by atoms with van der Waals surface area (Å²) in [4.78, 5) is 21.5. The molecule has 0 radical (unpaired) electrons. The number of methoxy groups -OCH3 is 1. The number of nitrogens with two attached hydrogens (primary N) is 1. The number of alkyl halides is 1. The van der Waals surface area contributed by atoms with Crippen LogP contribution in [0.1, 0.15) is 35.1 Å². The van der Waals surface area contributed by atoms with Gasteiger partial charge in [0, 0.05) is 24.7 Å². The van der Waals surface area contributed by atoms with Gasteiger partial charge in [-0.1, -0.05) is 0 Å². The lowest BCUT2D eigenvalue weighted by atomic mass is 10.0. The highest BCUT2D eigenvalue weighted by molar-refractivity contribution is 7.13. The number of nitrogens with zero attached hydrogens (tertiary/aromatic N) is 4. The van der Waals surface area contributed by atoms with E-state index in [-0.39, 0.29) is 18.2 Å².